The summed E-state index contributed by atoms with van der Waals surface area (Å²) in [5, 5.41) is 11.5. The highest BCUT2D eigenvalue weighted by atomic mass is 16.4. The van der Waals surface area contributed by atoms with Crippen molar-refractivity contribution in [2.45, 2.75) is 6.42 Å². The minimum Gasteiger partial charge on any atom is -0.477 e. The molecule has 0 aliphatic heterocycles. The third kappa shape index (κ3) is 3.61. The molecule has 6 heteroatoms. The van der Waals surface area contributed by atoms with E-state index in [4.69, 9.17) is 5.11 Å². The van der Waals surface area contributed by atoms with Crippen LogP contribution in [0.25, 0.3) is 0 Å². The third-order valence-electron chi connectivity index (χ3n) is 2.69. The van der Waals surface area contributed by atoms with Crippen LogP contribution in [-0.2, 0) is 6.42 Å². The smallest absolute Gasteiger partial charge is 0.354 e. The molecule has 102 valence electrons. The molecule has 1 amide bonds. The first-order chi connectivity index (χ1) is 9.66. The normalized spacial score (nSPS) is 10.0. The number of carboxylic acid groups (broad SMARTS) is 1. The molecule has 0 saturated carbocycles. The van der Waals surface area contributed by atoms with Gasteiger partial charge in [-0.2, -0.15) is 0 Å². The standard InChI is InChI=1S/C14H13N3O3/c18-13(11-4-8-16-12(9-11)14(19)20)17-7-3-10-1-5-15-6-2-10/h1-2,4-6,8-9H,3,7H2,(H,17,18)(H,19,20). The minimum atomic E-state index is -1.16. The van der Waals surface area contributed by atoms with Crippen molar-refractivity contribution >= 4 is 11.9 Å². The summed E-state index contributed by atoms with van der Waals surface area (Å²) in [5.41, 5.74) is 1.21. The maximum absolute atomic E-state index is 11.9. The number of hydrogen-bond donors (Lipinski definition) is 2. The van der Waals surface area contributed by atoms with Gasteiger partial charge in [-0.05, 0) is 36.2 Å². The van der Waals surface area contributed by atoms with Crippen molar-refractivity contribution in [2.24, 2.45) is 0 Å². The van der Waals surface area contributed by atoms with Gasteiger partial charge in [-0.25, -0.2) is 9.78 Å². The molecule has 0 aliphatic rings. The number of carbonyl (C=O) groups excluding carboxylic acids is 1. The number of hydrogen-bond acceptors (Lipinski definition) is 4. The molecule has 0 aromatic carbocycles. The molecule has 0 unspecified atom stereocenters. The van der Waals surface area contributed by atoms with Gasteiger partial charge in [0, 0.05) is 30.7 Å². The van der Waals surface area contributed by atoms with E-state index in [2.05, 4.69) is 15.3 Å². The van der Waals surface area contributed by atoms with Crippen LogP contribution in [0.3, 0.4) is 0 Å². The first-order valence-corrected chi connectivity index (χ1v) is 6.03. The molecule has 2 rings (SSSR count). The number of aromatic nitrogens is 2. The van der Waals surface area contributed by atoms with Gasteiger partial charge >= 0.3 is 5.97 Å². The first kappa shape index (κ1) is 13.7. The molecule has 2 aromatic rings. The number of rotatable bonds is 5. The Morgan fingerprint density at radius 2 is 1.90 bits per heavy atom. The van der Waals surface area contributed by atoms with Gasteiger partial charge in [0.25, 0.3) is 5.91 Å². The quantitative estimate of drug-likeness (QED) is 0.851. The number of nitrogens with zero attached hydrogens (tertiary/aromatic N) is 2. The first-order valence-electron chi connectivity index (χ1n) is 6.03. The fourth-order valence-corrected chi connectivity index (χ4v) is 1.66. The second-order valence-corrected chi connectivity index (χ2v) is 4.10. The number of nitrogens with one attached hydrogen (secondary N) is 1. The summed E-state index contributed by atoms with van der Waals surface area (Å²) in [4.78, 5) is 30.2. The van der Waals surface area contributed by atoms with Crippen molar-refractivity contribution in [1.82, 2.24) is 15.3 Å². The Balaban J connectivity index is 1.92. The molecule has 0 bridgehead atoms. The van der Waals surface area contributed by atoms with E-state index in [0.29, 0.717) is 13.0 Å². The lowest BCUT2D eigenvalue weighted by Gasteiger charge is -2.05. The summed E-state index contributed by atoms with van der Waals surface area (Å²) in [6.45, 7) is 0.466. The lowest BCUT2D eigenvalue weighted by molar-refractivity contribution is 0.0690. The van der Waals surface area contributed by atoms with Gasteiger partial charge in [0.2, 0.25) is 0 Å². The summed E-state index contributed by atoms with van der Waals surface area (Å²) >= 11 is 0. The van der Waals surface area contributed by atoms with Crippen LogP contribution in [-0.4, -0.2) is 33.5 Å². The summed E-state index contributed by atoms with van der Waals surface area (Å²) in [7, 11) is 0. The Hall–Kier alpha value is -2.76. The highest BCUT2D eigenvalue weighted by Crippen LogP contribution is 2.02. The zero-order valence-corrected chi connectivity index (χ0v) is 10.6. The largest absolute Gasteiger partial charge is 0.477 e. The molecular weight excluding hydrogens is 258 g/mol. The highest BCUT2D eigenvalue weighted by Gasteiger charge is 2.10. The molecule has 0 atom stereocenters. The van der Waals surface area contributed by atoms with Gasteiger partial charge in [0.05, 0.1) is 0 Å². The summed E-state index contributed by atoms with van der Waals surface area (Å²) < 4.78 is 0. The number of carboxylic acids is 1. The molecule has 6 nitrogen and oxygen atoms in total. The SMILES string of the molecule is O=C(NCCc1ccncc1)c1ccnc(C(=O)O)c1. The Bertz CT molecular complexity index is 614. The zero-order chi connectivity index (χ0) is 14.4. The van der Waals surface area contributed by atoms with Crippen molar-refractivity contribution < 1.29 is 14.7 Å². The lowest BCUT2D eigenvalue weighted by Crippen LogP contribution is -2.26. The van der Waals surface area contributed by atoms with Crippen molar-refractivity contribution in [3.05, 3.63) is 59.7 Å². The Morgan fingerprint density at radius 3 is 2.60 bits per heavy atom. The average Bonchev–Trinajstić information content (AvgIpc) is 2.48. The number of amides is 1. The van der Waals surface area contributed by atoms with E-state index in [0.717, 1.165) is 5.56 Å². The average molecular weight is 271 g/mol. The van der Waals surface area contributed by atoms with Crippen molar-refractivity contribution in [2.75, 3.05) is 6.54 Å². The highest BCUT2D eigenvalue weighted by molar-refractivity contribution is 5.96. The van der Waals surface area contributed by atoms with Crippen LogP contribution in [0.5, 0.6) is 0 Å². The molecule has 0 radical (unpaired) electrons. The number of carbonyl (C=O) groups is 2. The van der Waals surface area contributed by atoms with Crippen molar-refractivity contribution in [3.63, 3.8) is 0 Å². The van der Waals surface area contributed by atoms with E-state index in [-0.39, 0.29) is 17.2 Å². The molecule has 2 N–H and O–H groups in total. The molecule has 2 aromatic heterocycles. The number of aromatic carboxylic acids is 1. The third-order valence-corrected chi connectivity index (χ3v) is 2.69. The molecule has 20 heavy (non-hydrogen) atoms. The van der Waals surface area contributed by atoms with Crippen LogP contribution in [0.15, 0.2) is 42.9 Å². The predicted octanol–water partition coefficient (Wildman–Crippen LogP) is 1.15. The van der Waals surface area contributed by atoms with Crippen LogP contribution in [0.2, 0.25) is 0 Å². The van der Waals surface area contributed by atoms with Crippen LogP contribution in [0.4, 0.5) is 0 Å². The fraction of sp³-hybridized carbons (Fsp3) is 0.143. The van der Waals surface area contributed by atoms with E-state index in [9.17, 15) is 9.59 Å². The van der Waals surface area contributed by atoms with E-state index < -0.39 is 5.97 Å². The molecule has 0 fully saturated rings. The second-order valence-electron chi connectivity index (χ2n) is 4.10. The van der Waals surface area contributed by atoms with Gasteiger partial charge in [-0.1, -0.05) is 0 Å². The van der Waals surface area contributed by atoms with Crippen LogP contribution < -0.4 is 5.32 Å². The van der Waals surface area contributed by atoms with Gasteiger partial charge in [-0.15, -0.1) is 0 Å². The van der Waals surface area contributed by atoms with Crippen molar-refractivity contribution in [1.29, 1.82) is 0 Å². The van der Waals surface area contributed by atoms with Gasteiger partial charge in [-0.3, -0.25) is 9.78 Å². The summed E-state index contributed by atoms with van der Waals surface area (Å²) in [6, 6.07) is 6.49. The zero-order valence-electron chi connectivity index (χ0n) is 10.6. The van der Waals surface area contributed by atoms with Crippen LogP contribution >= 0.6 is 0 Å². The predicted molar refractivity (Wildman–Crippen MR) is 71.5 cm³/mol. The fourth-order valence-electron chi connectivity index (χ4n) is 1.66. The molecule has 0 aliphatic carbocycles. The Kier molecular flexibility index (Phi) is 4.39. The lowest BCUT2D eigenvalue weighted by atomic mass is 10.2. The summed E-state index contributed by atoms with van der Waals surface area (Å²) in [6.07, 6.45) is 5.38. The van der Waals surface area contributed by atoms with E-state index in [1.807, 2.05) is 12.1 Å². The topological polar surface area (TPSA) is 92.2 Å². The maximum atomic E-state index is 11.9. The minimum absolute atomic E-state index is 0.146. The Morgan fingerprint density at radius 1 is 1.15 bits per heavy atom. The van der Waals surface area contributed by atoms with Gasteiger partial charge < -0.3 is 10.4 Å². The van der Waals surface area contributed by atoms with E-state index in [1.165, 1.54) is 18.3 Å². The molecular formula is C14H13N3O3. The van der Waals surface area contributed by atoms with Crippen molar-refractivity contribution in [3.8, 4) is 0 Å². The van der Waals surface area contributed by atoms with Crippen LogP contribution in [0.1, 0.15) is 26.4 Å². The van der Waals surface area contributed by atoms with Gasteiger partial charge in [0.1, 0.15) is 5.69 Å². The van der Waals surface area contributed by atoms with Gasteiger partial charge in [0.15, 0.2) is 0 Å². The Labute approximate surface area is 115 Å². The van der Waals surface area contributed by atoms with E-state index >= 15 is 0 Å². The van der Waals surface area contributed by atoms with Crippen LogP contribution in [0, 0.1) is 0 Å². The summed E-state index contributed by atoms with van der Waals surface area (Å²) in [5.74, 6) is -1.47. The maximum Gasteiger partial charge on any atom is 0.354 e. The monoisotopic (exact) mass is 271 g/mol. The molecule has 2 heterocycles. The molecule has 0 spiro atoms. The van der Waals surface area contributed by atoms with E-state index in [1.54, 1.807) is 12.4 Å². The molecule has 0 saturated heterocycles. The number of pyridine rings is 2. The second kappa shape index (κ2) is 6.42.